The second-order valence-corrected chi connectivity index (χ2v) is 5.18. The van der Waals surface area contributed by atoms with Crippen molar-refractivity contribution >= 4 is 5.91 Å². The first-order valence-electron chi connectivity index (χ1n) is 6.88. The Kier molecular flexibility index (Phi) is 4.80. The summed E-state index contributed by atoms with van der Waals surface area (Å²) < 4.78 is 5.69. The van der Waals surface area contributed by atoms with Crippen LogP contribution in [0.25, 0.3) is 0 Å². The zero-order valence-corrected chi connectivity index (χ0v) is 11.4. The highest BCUT2D eigenvalue weighted by Crippen LogP contribution is 2.21. The Balaban J connectivity index is 1.79. The molecule has 1 aliphatic heterocycles. The number of benzene rings is 1. The van der Waals surface area contributed by atoms with Crippen LogP contribution >= 0.6 is 0 Å². The van der Waals surface area contributed by atoms with Gasteiger partial charge in [0.05, 0.1) is 5.92 Å². The maximum atomic E-state index is 11.3. The number of nitrogens with zero attached hydrogens (tertiary/aromatic N) is 1. The van der Waals surface area contributed by atoms with Gasteiger partial charge in [-0.25, -0.2) is 0 Å². The highest BCUT2D eigenvalue weighted by atomic mass is 16.5. The van der Waals surface area contributed by atoms with Crippen molar-refractivity contribution in [3.63, 3.8) is 0 Å². The maximum absolute atomic E-state index is 11.3. The van der Waals surface area contributed by atoms with Gasteiger partial charge in [-0.05, 0) is 31.9 Å². The molecular weight excluding hydrogens is 240 g/mol. The van der Waals surface area contributed by atoms with Crippen LogP contribution in [0.3, 0.4) is 0 Å². The van der Waals surface area contributed by atoms with Gasteiger partial charge in [0, 0.05) is 19.1 Å². The number of hydrogen-bond acceptors (Lipinski definition) is 3. The summed E-state index contributed by atoms with van der Waals surface area (Å²) in [7, 11) is 0. The molecule has 1 aromatic rings. The molecule has 0 spiro atoms. The first kappa shape index (κ1) is 13.9. The Morgan fingerprint density at radius 2 is 2.11 bits per heavy atom. The number of hydrogen-bond donors (Lipinski definition) is 1. The van der Waals surface area contributed by atoms with E-state index in [1.165, 1.54) is 0 Å². The summed E-state index contributed by atoms with van der Waals surface area (Å²) in [5.74, 6) is 0.701. The molecule has 0 saturated carbocycles. The lowest BCUT2D eigenvalue weighted by atomic mass is 9.93. The molecule has 4 heteroatoms. The van der Waals surface area contributed by atoms with E-state index in [-0.39, 0.29) is 11.8 Å². The van der Waals surface area contributed by atoms with Crippen molar-refractivity contribution in [3.05, 3.63) is 30.3 Å². The van der Waals surface area contributed by atoms with E-state index in [4.69, 9.17) is 10.5 Å². The Morgan fingerprint density at radius 1 is 1.37 bits per heavy atom. The second kappa shape index (κ2) is 6.57. The van der Waals surface area contributed by atoms with Crippen LogP contribution in [-0.4, -0.2) is 36.5 Å². The minimum atomic E-state index is -0.180. The van der Waals surface area contributed by atoms with E-state index in [1.807, 2.05) is 30.3 Å². The minimum absolute atomic E-state index is 0.00655. The summed E-state index contributed by atoms with van der Waals surface area (Å²) in [6, 6.07) is 10.3. The first-order valence-corrected chi connectivity index (χ1v) is 6.88. The zero-order chi connectivity index (χ0) is 13.7. The van der Waals surface area contributed by atoms with Crippen molar-refractivity contribution in [1.82, 2.24) is 4.90 Å². The molecule has 0 aromatic heterocycles. The van der Waals surface area contributed by atoms with E-state index in [0.29, 0.717) is 12.6 Å². The molecule has 2 rings (SSSR count). The number of primary amides is 1. The molecule has 2 N–H and O–H groups in total. The average molecular weight is 262 g/mol. The maximum Gasteiger partial charge on any atom is 0.221 e. The number of amides is 1. The van der Waals surface area contributed by atoms with Crippen molar-refractivity contribution < 1.29 is 9.53 Å². The average Bonchev–Trinajstić information content (AvgIpc) is 2.42. The number of piperidine rings is 1. The van der Waals surface area contributed by atoms with Gasteiger partial charge in [0.25, 0.3) is 0 Å². The second-order valence-electron chi connectivity index (χ2n) is 5.18. The molecule has 1 heterocycles. The van der Waals surface area contributed by atoms with Gasteiger partial charge in [0.15, 0.2) is 0 Å². The SMILES string of the molecule is C[C@@H]1CC[C@@H](C(N)=O)CN1CCOc1ccccc1. The van der Waals surface area contributed by atoms with Gasteiger partial charge < -0.3 is 10.5 Å². The summed E-state index contributed by atoms with van der Waals surface area (Å²) in [6.07, 6.45) is 1.94. The number of likely N-dealkylation sites (tertiary alicyclic amines) is 1. The molecule has 1 aliphatic rings. The van der Waals surface area contributed by atoms with E-state index in [9.17, 15) is 4.79 Å². The lowest BCUT2D eigenvalue weighted by Gasteiger charge is -2.36. The number of nitrogens with two attached hydrogens (primary N) is 1. The number of rotatable bonds is 5. The van der Waals surface area contributed by atoms with Crippen LogP contribution in [0.5, 0.6) is 5.75 Å². The number of carbonyl (C=O) groups is 1. The molecule has 0 unspecified atom stereocenters. The quantitative estimate of drug-likeness (QED) is 0.878. The molecule has 1 saturated heterocycles. The molecule has 0 bridgehead atoms. The summed E-state index contributed by atoms with van der Waals surface area (Å²) in [6.45, 7) is 4.42. The Hall–Kier alpha value is -1.55. The fourth-order valence-corrected chi connectivity index (χ4v) is 2.52. The molecule has 0 aliphatic carbocycles. The fourth-order valence-electron chi connectivity index (χ4n) is 2.52. The van der Waals surface area contributed by atoms with E-state index in [2.05, 4.69) is 11.8 Å². The van der Waals surface area contributed by atoms with Crippen LogP contribution in [-0.2, 0) is 4.79 Å². The van der Waals surface area contributed by atoms with Crippen LogP contribution in [0.15, 0.2) is 30.3 Å². The van der Waals surface area contributed by atoms with Crippen LogP contribution in [0.4, 0.5) is 0 Å². The molecule has 1 amide bonds. The topological polar surface area (TPSA) is 55.6 Å². The van der Waals surface area contributed by atoms with E-state index < -0.39 is 0 Å². The van der Waals surface area contributed by atoms with Crippen LogP contribution in [0.2, 0.25) is 0 Å². The number of ether oxygens (including phenoxy) is 1. The summed E-state index contributed by atoms with van der Waals surface area (Å²) in [4.78, 5) is 13.6. The first-order chi connectivity index (χ1) is 9.16. The zero-order valence-electron chi connectivity index (χ0n) is 11.4. The van der Waals surface area contributed by atoms with Gasteiger partial charge >= 0.3 is 0 Å². The molecule has 19 heavy (non-hydrogen) atoms. The van der Waals surface area contributed by atoms with Crippen molar-refractivity contribution in [2.45, 2.75) is 25.8 Å². The van der Waals surface area contributed by atoms with E-state index in [1.54, 1.807) is 0 Å². The van der Waals surface area contributed by atoms with Gasteiger partial charge in [-0.2, -0.15) is 0 Å². The third-order valence-corrected chi connectivity index (χ3v) is 3.80. The molecule has 2 atom stereocenters. The monoisotopic (exact) mass is 262 g/mol. The van der Waals surface area contributed by atoms with Crippen LogP contribution in [0.1, 0.15) is 19.8 Å². The number of carbonyl (C=O) groups excluding carboxylic acids is 1. The highest BCUT2D eigenvalue weighted by molar-refractivity contribution is 5.76. The molecule has 1 fully saturated rings. The Morgan fingerprint density at radius 3 is 2.79 bits per heavy atom. The third kappa shape index (κ3) is 3.96. The van der Waals surface area contributed by atoms with Crippen LogP contribution in [0, 0.1) is 5.92 Å². The molecule has 104 valence electrons. The van der Waals surface area contributed by atoms with Gasteiger partial charge in [-0.15, -0.1) is 0 Å². The predicted molar refractivity (Wildman–Crippen MR) is 74.9 cm³/mol. The molecule has 0 radical (unpaired) electrons. The summed E-state index contributed by atoms with van der Waals surface area (Å²) in [5.41, 5.74) is 5.40. The predicted octanol–water partition coefficient (Wildman–Crippen LogP) is 1.65. The van der Waals surface area contributed by atoms with Crippen LogP contribution < -0.4 is 10.5 Å². The fraction of sp³-hybridized carbons (Fsp3) is 0.533. The van der Waals surface area contributed by atoms with E-state index in [0.717, 1.165) is 31.7 Å². The standard InChI is InChI=1S/C15H22N2O2/c1-12-7-8-13(15(16)18)11-17(12)9-10-19-14-5-3-2-4-6-14/h2-6,12-13H,7-11H2,1H3,(H2,16,18)/t12-,13-/m1/s1. The van der Waals surface area contributed by atoms with Crippen molar-refractivity contribution in [3.8, 4) is 5.75 Å². The van der Waals surface area contributed by atoms with Gasteiger partial charge in [-0.3, -0.25) is 9.69 Å². The van der Waals surface area contributed by atoms with Gasteiger partial charge in [0.1, 0.15) is 12.4 Å². The Bertz CT molecular complexity index is 408. The normalized spacial score (nSPS) is 24.1. The van der Waals surface area contributed by atoms with Crippen molar-refractivity contribution in [2.75, 3.05) is 19.7 Å². The van der Waals surface area contributed by atoms with Crippen molar-refractivity contribution in [2.24, 2.45) is 11.7 Å². The molecular formula is C15H22N2O2. The third-order valence-electron chi connectivity index (χ3n) is 3.80. The van der Waals surface area contributed by atoms with Crippen molar-refractivity contribution in [1.29, 1.82) is 0 Å². The van der Waals surface area contributed by atoms with Gasteiger partial charge in [0.2, 0.25) is 5.91 Å². The van der Waals surface area contributed by atoms with Gasteiger partial charge in [-0.1, -0.05) is 18.2 Å². The van der Waals surface area contributed by atoms with E-state index >= 15 is 0 Å². The molecule has 4 nitrogen and oxygen atoms in total. The minimum Gasteiger partial charge on any atom is -0.492 e. The largest absolute Gasteiger partial charge is 0.492 e. The lowest BCUT2D eigenvalue weighted by Crippen LogP contribution is -2.47. The lowest BCUT2D eigenvalue weighted by molar-refractivity contribution is -0.124. The smallest absolute Gasteiger partial charge is 0.221 e. The molecule has 1 aromatic carbocycles. The Labute approximate surface area is 114 Å². The summed E-state index contributed by atoms with van der Waals surface area (Å²) >= 11 is 0. The number of para-hydroxylation sites is 1. The highest BCUT2D eigenvalue weighted by Gasteiger charge is 2.28. The summed E-state index contributed by atoms with van der Waals surface area (Å²) in [5, 5.41) is 0.